The molecule has 1 aromatic carbocycles. The van der Waals surface area contributed by atoms with Crippen LogP contribution in [-0.4, -0.2) is 18.8 Å². The van der Waals surface area contributed by atoms with Crippen molar-refractivity contribution < 1.29 is 4.74 Å². The lowest BCUT2D eigenvalue weighted by Crippen LogP contribution is -2.45. The number of ether oxygens (including phenoxy) is 1. The fraction of sp³-hybridized carbons (Fsp3) is 0.625. The third kappa shape index (κ3) is 2.76. The Labute approximate surface area is 111 Å². The zero-order valence-corrected chi connectivity index (χ0v) is 11.8. The predicted octanol–water partition coefficient (Wildman–Crippen LogP) is 3.25. The Balaban J connectivity index is 2.12. The van der Waals surface area contributed by atoms with E-state index in [9.17, 15) is 0 Å². The minimum atomic E-state index is -0.244. The molecule has 2 unspecified atom stereocenters. The van der Waals surface area contributed by atoms with Gasteiger partial charge in [-0.25, -0.2) is 0 Å². The molecule has 1 aromatic rings. The molecule has 100 valence electrons. The highest BCUT2D eigenvalue weighted by molar-refractivity contribution is 5.32. The lowest BCUT2D eigenvalue weighted by molar-refractivity contribution is -0.00356. The van der Waals surface area contributed by atoms with Crippen LogP contribution in [-0.2, 0) is 11.2 Å². The number of hydrogen-bond acceptors (Lipinski definition) is 2. The highest BCUT2D eigenvalue weighted by Gasteiger charge is 2.30. The van der Waals surface area contributed by atoms with Crippen molar-refractivity contribution in [3.05, 3.63) is 35.4 Å². The molecule has 0 radical (unpaired) electrons. The summed E-state index contributed by atoms with van der Waals surface area (Å²) in [4.78, 5) is 0. The summed E-state index contributed by atoms with van der Waals surface area (Å²) < 4.78 is 5.50. The maximum absolute atomic E-state index is 6.32. The number of aryl methyl sites for hydroxylation is 1. The molecule has 0 fully saturated rings. The van der Waals surface area contributed by atoms with Crippen molar-refractivity contribution in [3.8, 4) is 0 Å². The minimum Gasteiger partial charge on any atom is -0.377 e. The van der Waals surface area contributed by atoms with Crippen molar-refractivity contribution in [1.29, 1.82) is 0 Å². The zero-order valence-electron chi connectivity index (χ0n) is 11.8. The van der Waals surface area contributed by atoms with E-state index in [1.165, 1.54) is 30.4 Å². The molecule has 1 aliphatic rings. The van der Waals surface area contributed by atoms with Gasteiger partial charge in [0.05, 0.1) is 5.60 Å². The van der Waals surface area contributed by atoms with Gasteiger partial charge in [0.15, 0.2) is 0 Å². The Morgan fingerprint density at radius 3 is 2.83 bits per heavy atom. The van der Waals surface area contributed by atoms with Crippen LogP contribution in [0.25, 0.3) is 0 Å². The first-order valence-corrected chi connectivity index (χ1v) is 6.93. The highest BCUT2D eigenvalue weighted by atomic mass is 16.5. The van der Waals surface area contributed by atoms with Gasteiger partial charge in [-0.1, -0.05) is 24.3 Å². The van der Waals surface area contributed by atoms with Gasteiger partial charge in [0.2, 0.25) is 0 Å². The molecule has 2 nitrogen and oxygen atoms in total. The molecule has 0 aliphatic heterocycles. The van der Waals surface area contributed by atoms with Crippen molar-refractivity contribution >= 4 is 0 Å². The van der Waals surface area contributed by atoms with E-state index < -0.39 is 0 Å². The van der Waals surface area contributed by atoms with Gasteiger partial charge in [-0.05, 0) is 56.6 Å². The van der Waals surface area contributed by atoms with Crippen LogP contribution in [0.2, 0.25) is 0 Å². The Morgan fingerprint density at radius 1 is 1.39 bits per heavy atom. The SMILES string of the molecule is COC(C)(C)C(N)CC1CCCc2ccccc21. The maximum Gasteiger partial charge on any atom is 0.0773 e. The largest absolute Gasteiger partial charge is 0.377 e. The highest BCUT2D eigenvalue weighted by Crippen LogP contribution is 2.35. The van der Waals surface area contributed by atoms with Gasteiger partial charge in [-0.2, -0.15) is 0 Å². The summed E-state index contributed by atoms with van der Waals surface area (Å²) in [5.74, 6) is 0.597. The molecule has 0 aromatic heterocycles. The van der Waals surface area contributed by atoms with E-state index in [-0.39, 0.29) is 11.6 Å². The van der Waals surface area contributed by atoms with E-state index in [1.807, 2.05) is 0 Å². The normalized spacial score (nSPS) is 21.4. The monoisotopic (exact) mass is 247 g/mol. The number of fused-ring (bicyclic) bond motifs is 1. The first-order chi connectivity index (χ1) is 8.54. The summed E-state index contributed by atoms with van der Waals surface area (Å²) >= 11 is 0. The number of hydrogen-bond donors (Lipinski definition) is 1. The summed E-state index contributed by atoms with van der Waals surface area (Å²) in [5, 5.41) is 0. The first kappa shape index (κ1) is 13.6. The molecule has 0 bridgehead atoms. The van der Waals surface area contributed by atoms with E-state index >= 15 is 0 Å². The van der Waals surface area contributed by atoms with E-state index in [1.54, 1.807) is 7.11 Å². The molecule has 0 saturated heterocycles. The van der Waals surface area contributed by atoms with E-state index in [0.717, 1.165) is 6.42 Å². The topological polar surface area (TPSA) is 35.2 Å². The molecule has 0 saturated carbocycles. The molecule has 2 N–H and O–H groups in total. The standard InChI is InChI=1S/C16H25NO/c1-16(2,18-3)15(17)11-13-9-6-8-12-7-4-5-10-14(12)13/h4-5,7,10,13,15H,6,8-9,11,17H2,1-3H3. The van der Waals surface area contributed by atoms with Crippen LogP contribution in [0.4, 0.5) is 0 Å². The van der Waals surface area contributed by atoms with Crippen molar-refractivity contribution in [2.75, 3.05) is 7.11 Å². The summed E-state index contributed by atoms with van der Waals surface area (Å²) in [6.07, 6.45) is 4.76. The van der Waals surface area contributed by atoms with Crippen LogP contribution >= 0.6 is 0 Å². The predicted molar refractivity (Wildman–Crippen MR) is 75.8 cm³/mol. The average Bonchev–Trinajstić information content (AvgIpc) is 2.39. The van der Waals surface area contributed by atoms with E-state index in [2.05, 4.69) is 38.1 Å². The smallest absolute Gasteiger partial charge is 0.0773 e. The second-order valence-corrected chi connectivity index (χ2v) is 5.94. The number of methoxy groups -OCH3 is 1. The zero-order chi connectivity index (χ0) is 13.2. The van der Waals surface area contributed by atoms with Crippen LogP contribution in [0.15, 0.2) is 24.3 Å². The molecular formula is C16H25NO. The van der Waals surface area contributed by atoms with Crippen molar-refractivity contribution in [1.82, 2.24) is 0 Å². The summed E-state index contributed by atoms with van der Waals surface area (Å²) in [7, 11) is 1.74. The number of nitrogens with two attached hydrogens (primary N) is 1. The Bertz CT molecular complexity index is 400. The van der Waals surface area contributed by atoms with Crippen LogP contribution in [0, 0.1) is 0 Å². The van der Waals surface area contributed by atoms with Gasteiger partial charge in [-0.15, -0.1) is 0 Å². The Kier molecular flexibility index (Phi) is 4.08. The molecule has 1 aliphatic carbocycles. The van der Waals surface area contributed by atoms with Crippen molar-refractivity contribution in [3.63, 3.8) is 0 Å². The van der Waals surface area contributed by atoms with Crippen LogP contribution in [0.3, 0.4) is 0 Å². The second kappa shape index (κ2) is 5.41. The Hall–Kier alpha value is -0.860. The van der Waals surface area contributed by atoms with Gasteiger partial charge in [0, 0.05) is 13.2 Å². The third-order valence-corrected chi connectivity index (χ3v) is 4.45. The lowest BCUT2D eigenvalue weighted by atomic mass is 9.77. The fourth-order valence-corrected chi connectivity index (χ4v) is 2.84. The molecule has 2 atom stereocenters. The summed E-state index contributed by atoms with van der Waals surface area (Å²) in [6.45, 7) is 4.15. The molecule has 0 spiro atoms. The van der Waals surface area contributed by atoms with Gasteiger partial charge < -0.3 is 10.5 Å². The second-order valence-electron chi connectivity index (χ2n) is 5.94. The first-order valence-electron chi connectivity index (χ1n) is 6.93. The number of benzene rings is 1. The molecule has 2 rings (SSSR count). The quantitative estimate of drug-likeness (QED) is 0.886. The molecule has 0 heterocycles. The van der Waals surface area contributed by atoms with Crippen molar-refractivity contribution in [2.24, 2.45) is 5.73 Å². The third-order valence-electron chi connectivity index (χ3n) is 4.45. The Morgan fingerprint density at radius 2 is 2.11 bits per heavy atom. The van der Waals surface area contributed by atoms with Crippen LogP contribution in [0.5, 0.6) is 0 Å². The van der Waals surface area contributed by atoms with Gasteiger partial charge in [0.1, 0.15) is 0 Å². The maximum atomic E-state index is 6.32. The molecule has 2 heteroatoms. The van der Waals surface area contributed by atoms with E-state index in [4.69, 9.17) is 10.5 Å². The summed E-state index contributed by atoms with van der Waals surface area (Å²) in [6, 6.07) is 8.89. The molecule has 18 heavy (non-hydrogen) atoms. The lowest BCUT2D eigenvalue weighted by Gasteiger charge is -2.34. The fourth-order valence-electron chi connectivity index (χ4n) is 2.84. The minimum absolute atomic E-state index is 0.0821. The van der Waals surface area contributed by atoms with Crippen molar-refractivity contribution in [2.45, 2.75) is 57.1 Å². The number of rotatable bonds is 4. The molecular weight excluding hydrogens is 222 g/mol. The van der Waals surface area contributed by atoms with Gasteiger partial charge in [-0.3, -0.25) is 0 Å². The average molecular weight is 247 g/mol. The van der Waals surface area contributed by atoms with Crippen LogP contribution in [0.1, 0.15) is 50.2 Å². The van der Waals surface area contributed by atoms with Gasteiger partial charge >= 0.3 is 0 Å². The molecule has 0 amide bonds. The van der Waals surface area contributed by atoms with Gasteiger partial charge in [0.25, 0.3) is 0 Å². The van der Waals surface area contributed by atoms with Crippen LogP contribution < -0.4 is 5.73 Å². The summed E-state index contributed by atoms with van der Waals surface area (Å²) in [5.41, 5.74) is 9.10. The van der Waals surface area contributed by atoms with E-state index in [0.29, 0.717) is 5.92 Å².